The molecule has 1 aliphatic rings. The molecular formula is C30H46N6O. The lowest BCUT2D eigenvalue weighted by Gasteiger charge is -2.27. The number of aliphatic hydroxyl groups is 1. The third-order valence-electron chi connectivity index (χ3n) is 7.82. The molecule has 7 heteroatoms. The Bertz CT molecular complexity index is 1100. The van der Waals surface area contributed by atoms with Gasteiger partial charge in [-0.25, -0.2) is 4.98 Å². The van der Waals surface area contributed by atoms with Crippen molar-refractivity contribution in [3.63, 3.8) is 0 Å². The van der Waals surface area contributed by atoms with Crippen molar-refractivity contribution in [1.82, 2.24) is 24.8 Å². The van der Waals surface area contributed by atoms with Crippen LogP contribution >= 0.6 is 0 Å². The molecule has 0 amide bonds. The molecule has 0 aliphatic heterocycles. The van der Waals surface area contributed by atoms with Gasteiger partial charge in [0, 0.05) is 55.1 Å². The van der Waals surface area contributed by atoms with E-state index >= 15 is 0 Å². The van der Waals surface area contributed by atoms with Crippen LogP contribution in [0.4, 0.5) is 5.95 Å². The molecule has 1 aromatic carbocycles. The molecule has 0 spiro atoms. The van der Waals surface area contributed by atoms with Crippen molar-refractivity contribution in [3.05, 3.63) is 42.2 Å². The molecular weight excluding hydrogens is 460 g/mol. The van der Waals surface area contributed by atoms with Gasteiger partial charge in [0.1, 0.15) is 5.65 Å². The summed E-state index contributed by atoms with van der Waals surface area (Å²) in [5.41, 5.74) is 4.64. The van der Waals surface area contributed by atoms with Gasteiger partial charge in [-0.15, -0.1) is 0 Å². The standard InChI is InChI=1S/C30H46N6O/c1-5-8-22(4)33-30-32-20-27-28(21-36(29(27)34-30)25-13-15-26(37)16-14-25)24-11-9-23(10-12-24)19-31-17-18-35(6-2)7-3/h9-12,20-22,25-26,31,37H,5-8,13-19H2,1-4H3,(H,32,33,34)/t22-,25?,26?/m0/s1. The Hall–Kier alpha value is -2.48. The number of aliphatic hydroxyl groups excluding tert-OH is 1. The summed E-state index contributed by atoms with van der Waals surface area (Å²) in [6, 6.07) is 9.58. The summed E-state index contributed by atoms with van der Waals surface area (Å²) in [6.45, 7) is 14.0. The Labute approximate surface area is 222 Å². The molecule has 0 radical (unpaired) electrons. The third kappa shape index (κ3) is 7.09. The fraction of sp³-hybridized carbons (Fsp3) is 0.600. The summed E-state index contributed by atoms with van der Waals surface area (Å²) >= 11 is 0. The summed E-state index contributed by atoms with van der Waals surface area (Å²) in [5.74, 6) is 0.696. The van der Waals surface area contributed by atoms with Gasteiger partial charge < -0.3 is 25.2 Å². The van der Waals surface area contributed by atoms with E-state index in [4.69, 9.17) is 9.97 Å². The van der Waals surface area contributed by atoms with Crippen LogP contribution in [0.2, 0.25) is 0 Å². The molecule has 1 aliphatic carbocycles. The highest BCUT2D eigenvalue weighted by Gasteiger charge is 2.24. The van der Waals surface area contributed by atoms with Crippen molar-refractivity contribution in [2.45, 2.75) is 91.0 Å². The minimum absolute atomic E-state index is 0.174. The summed E-state index contributed by atoms with van der Waals surface area (Å²) in [5, 5.41) is 18.2. The molecule has 1 saturated carbocycles. The molecule has 2 aromatic heterocycles. The van der Waals surface area contributed by atoms with Gasteiger partial charge in [-0.2, -0.15) is 4.98 Å². The lowest BCUT2D eigenvalue weighted by molar-refractivity contribution is 0.111. The first-order chi connectivity index (χ1) is 18.0. The average molecular weight is 507 g/mol. The molecule has 4 rings (SSSR count). The van der Waals surface area contributed by atoms with Gasteiger partial charge in [-0.05, 0) is 63.2 Å². The van der Waals surface area contributed by atoms with Crippen molar-refractivity contribution in [2.24, 2.45) is 0 Å². The van der Waals surface area contributed by atoms with E-state index in [1.54, 1.807) is 0 Å². The highest BCUT2D eigenvalue weighted by Crippen LogP contribution is 2.36. The van der Waals surface area contributed by atoms with Gasteiger partial charge in [0.05, 0.1) is 6.10 Å². The minimum Gasteiger partial charge on any atom is -0.393 e. The molecule has 0 saturated heterocycles. The average Bonchev–Trinajstić information content (AvgIpc) is 3.28. The maximum atomic E-state index is 10.1. The van der Waals surface area contributed by atoms with E-state index in [0.29, 0.717) is 18.0 Å². The molecule has 37 heavy (non-hydrogen) atoms. The Morgan fingerprint density at radius 3 is 2.49 bits per heavy atom. The van der Waals surface area contributed by atoms with E-state index < -0.39 is 0 Å². The molecule has 2 heterocycles. The van der Waals surface area contributed by atoms with Crippen LogP contribution in [-0.2, 0) is 6.54 Å². The lowest BCUT2D eigenvalue weighted by Crippen LogP contribution is -2.31. The fourth-order valence-corrected chi connectivity index (χ4v) is 5.48. The molecule has 0 bridgehead atoms. The normalized spacial score (nSPS) is 19.0. The maximum Gasteiger partial charge on any atom is 0.224 e. The number of aromatic nitrogens is 3. The Kier molecular flexibility index (Phi) is 9.95. The molecule has 3 N–H and O–H groups in total. The fourth-order valence-electron chi connectivity index (χ4n) is 5.48. The van der Waals surface area contributed by atoms with Gasteiger partial charge in [0.25, 0.3) is 0 Å². The second-order valence-electron chi connectivity index (χ2n) is 10.6. The molecule has 7 nitrogen and oxygen atoms in total. The second-order valence-corrected chi connectivity index (χ2v) is 10.6. The number of benzene rings is 1. The number of nitrogens with zero attached hydrogens (tertiary/aromatic N) is 4. The van der Waals surface area contributed by atoms with Gasteiger partial charge >= 0.3 is 0 Å². The van der Waals surface area contributed by atoms with Crippen LogP contribution in [0.3, 0.4) is 0 Å². The van der Waals surface area contributed by atoms with E-state index in [1.165, 1.54) is 16.7 Å². The first kappa shape index (κ1) is 27.6. The minimum atomic E-state index is -0.174. The van der Waals surface area contributed by atoms with Gasteiger partial charge in [-0.1, -0.05) is 51.5 Å². The maximum absolute atomic E-state index is 10.1. The van der Waals surface area contributed by atoms with Crippen LogP contribution in [0, 0.1) is 0 Å². The molecule has 3 aromatic rings. The number of likely N-dealkylation sites (N-methyl/N-ethyl adjacent to an activating group) is 1. The van der Waals surface area contributed by atoms with Crippen LogP contribution in [0.25, 0.3) is 22.2 Å². The van der Waals surface area contributed by atoms with Gasteiger partial charge in [0.15, 0.2) is 0 Å². The predicted molar refractivity (Wildman–Crippen MR) is 154 cm³/mol. The molecule has 202 valence electrons. The second kappa shape index (κ2) is 13.4. The first-order valence-electron chi connectivity index (χ1n) is 14.4. The molecule has 1 atom stereocenters. The van der Waals surface area contributed by atoms with Crippen LogP contribution < -0.4 is 10.6 Å². The van der Waals surface area contributed by atoms with Crippen LogP contribution in [-0.4, -0.2) is 62.9 Å². The van der Waals surface area contributed by atoms with Crippen molar-refractivity contribution in [2.75, 3.05) is 31.5 Å². The quantitative estimate of drug-likeness (QED) is 0.262. The van der Waals surface area contributed by atoms with Gasteiger partial charge in [-0.3, -0.25) is 0 Å². The zero-order valence-corrected chi connectivity index (χ0v) is 23.2. The third-order valence-corrected chi connectivity index (χ3v) is 7.82. The van der Waals surface area contributed by atoms with Crippen LogP contribution in [0.5, 0.6) is 0 Å². The van der Waals surface area contributed by atoms with Crippen LogP contribution in [0.1, 0.15) is 77.8 Å². The highest BCUT2D eigenvalue weighted by atomic mass is 16.3. The summed E-state index contributed by atoms with van der Waals surface area (Å²) in [4.78, 5) is 12.1. The van der Waals surface area contributed by atoms with Gasteiger partial charge in [0.2, 0.25) is 5.95 Å². The van der Waals surface area contributed by atoms with E-state index in [1.807, 2.05) is 6.20 Å². The largest absolute Gasteiger partial charge is 0.393 e. The van der Waals surface area contributed by atoms with E-state index in [0.717, 1.165) is 82.3 Å². The SMILES string of the molecule is CCC[C@H](C)Nc1ncc2c(-c3ccc(CNCCN(CC)CC)cc3)cn(C3CCC(O)CC3)c2n1. The number of anilines is 1. The van der Waals surface area contributed by atoms with Crippen molar-refractivity contribution in [3.8, 4) is 11.1 Å². The summed E-state index contributed by atoms with van der Waals surface area (Å²) in [7, 11) is 0. The summed E-state index contributed by atoms with van der Waals surface area (Å²) in [6.07, 6.45) is 9.93. The number of nitrogens with one attached hydrogen (secondary N) is 2. The lowest BCUT2D eigenvalue weighted by atomic mass is 9.93. The molecule has 1 fully saturated rings. The van der Waals surface area contributed by atoms with Crippen molar-refractivity contribution < 1.29 is 5.11 Å². The zero-order valence-electron chi connectivity index (χ0n) is 23.2. The van der Waals surface area contributed by atoms with E-state index in [-0.39, 0.29) is 6.10 Å². The Morgan fingerprint density at radius 2 is 1.81 bits per heavy atom. The van der Waals surface area contributed by atoms with E-state index in [2.05, 4.69) is 78.3 Å². The smallest absolute Gasteiger partial charge is 0.224 e. The monoisotopic (exact) mass is 506 g/mol. The number of hydrogen-bond acceptors (Lipinski definition) is 6. The van der Waals surface area contributed by atoms with Crippen molar-refractivity contribution >= 4 is 17.0 Å². The van der Waals surface area contributed by atoms with Crippen LogP contribution in [0.15, 0.2) is 36.7 Å². The predicted octanol–water partition coefficient (Wildman–Crippen LogP) is 5.61. The zero-order chi connectivity index (χ0) is 26.2. The summed E-state index contributed by atoms with van der Waals surface area (Å²) < 4.78 is 2.34. The molecule has 0 unspecified atom stereocenters. The number of rotatable bonds is 13. The van der Waals surface area contributed by atoms with Crippen molar-refractivity contribution in [1.29, 1.82) is 0 Å². The Morgan fingerprint density at radius 1 is 1.08 bits per heavy atom. The highest BCUT2D eigenvalue weighted by molar-refractivity contribution is 5.94. The Balaban J connectivity index is 1.55. The number of hydrogen-bond donors (Lipinski definition) is 3. The first-order valence-corrected chi connectivity index (χ1v) is 14.4. The number of fused-ring (bicyclic) bond motifs is 1. The topological polar surface area (TPSA) is 78.2 Å². The van der Waals surface area contributed by atoms with E-state index in [9.17, 15) is 5.11 Å².